The van der Waals surface area contributed by atoms with E-state index in [0.29, 0.717) is 6.61 Å². The molecule has 0 spiro atoms. The maximum atomic E-state index is 11.9. The Morgan fingerprint density at radius 2 is 2.12 bits per heavy atom. The van der Waals surface area contributed by atoms with Crippen molar-refractivity contribution in [3.63, 3.8) is 0 Å². The van der Waals surface area contributed by atoms with E-state index in [1.165, 1.54) is 0 Å². The second kappa shape index (κ2) is 6.04. The number of aryl methyl sites for hydroxylation is 1. The van der Waals surface area contributed by atoms with Gasteiger partial charge in [-0.3, -0.25) is 4.79 Å². The van der Waals surface area contributed by atoms with Gasteiger partial charge < -0.3 is 4.74 Å². The summed E-state index contributed by atoms with van der Waals surface area (Å²) in [6, 6.07) is 5.65. The van der Waals surface area contributed by atoms with Gasteiger partial charge >= 0.3 is 0 Å². The third kappa shape index (κ3) is 3.08. The lowest BCUT2D eigenvalue weighted by atomic mass is 10.00. The zero-order chi connectivity index (χ0) is 12.1. The minimum atomic E-state index is -0.143. The van der Waals surface area contributed by atoms with Crippen molar-refractivity contribution in [2.45, 2.75) is 32.0 Å². The average Bonchev–Trinajstić information content (AvgIpc) is 2.28. The van der Waals surface area contributed by atoms with Crippen LogP contribution >= 0.6 is 15.9 Å². The van der Waals surface area contributed by atoms with E-state index in [1.54, 1.807) is 0 Å². The second-order valence-electron chi connectivity index (χ2n) is 3.59. The molecule has 0 saturated carbocycles. The molecule has 1 aromatic rings. The molecule has 2 nitrogen and oxygen atoms in total. The van der Waals surface area contributed by atoms with E-state index in [9.17, 15) is 4.79 Å². The summed E-state index contributed by atoms with van der Waals surface area (Å²) in [5, 5.41) is 0. The lowest BCUT2D eigenvalue weighted by Crippen LogP contribution is -2.12. The maximum absolute atomic E-state index is 11.9. The van der Waals surface area contributed by atoms with Gasteiger partial charge in [-0.2, -0.15) is 0 Å². The fraction of sp³-hybridized carbons (Fsp3) is 0.462. The molecule has 1 atom stereocenters. The number of ether oxygens (including phenoxy) is 1. The number of carbonyl (C=O) groups is 1. The van der Waals surface area contributed by atoms with E-state index < -0.39 is 0 Å². The Bertz CT molecular complexity index is 372. The van der Waals surface area contributed by atoms with Gasteiger partial charge in [0.15, 0.2) is 5.78 Å². The molecule has 0 saturated heterocycles. The van der Waals surface area contributed by atoms with Gasteiger partial charge in [-0.1, -0.05) is 22.9 Å². The first-order valence-corrected chi connectivity index (χ1v) is 6.45. The van der Waals surface area contributed by atoms with Crippen molar-refractivity contribution in [3.05, 3.63) is 29.3 Å². The molecule has 0 aliphatic carbocycles. The molecular weight excluding hydrogens is 268 g/mol. The van der Waals surface area contributed by atoms with Gasteiger partial charge in [-0.15, -0.1) is 0 Å². The first kappa shape index (κ1) is 13.2. The summed E-state index contributed by atoms with van der Waals surface area (Å²) in [7, 11) is 0. The first-order valence-electron chi connectivity index (χ1n) is 5.54. The van der Waals surface area contributed by atoms with Crippen LogP contribution in [0, 0.1) is 0 Å². The van der Waals surface area contributed by atoms with Gasteiger partial charge in [0.05, 0.1) is 11.4 Å². The normalized spacial score (nSPS) is 12.2. The van der Waals surface area contributed by atoms with Gasteiger partial charge in [0.2, 0.25) is 0 Å². The Labute approximate surface area is 105 Å². The number of ketones is 1. The zero-order valence-electron chi connectivity index (χ0n) is 9.92. The van der Waals surface area contributed by atoms with Crippen LogP contribution in [0.4, 0.5) is 0 Å². The van der Waals surface area contributed by atoms with Crippen molar-refractivity contribution < 1.29 is 9.53 Å². The monoisotopic (exact) mass is 284 g/mol. The third-order valence-corrected chi connectivity index (χ3v) is 2.81. The number of rotatable bonds is 5. The van der Waals surface area contributed by atoms with Gasteiger partial charge in [0.1, 0.15) is 5.75 Å². The van der Waals surface area contributed by atoms with E-state index in [0.717, 1.165) is 23.3 Å². The predicted octanol–water partition coefficient (Wildman–Crippen LogP) is 3.61. The number of halogens is 1. The van der Waals surface area contributed by atoms with Crippen LogP contribution in [-0.2, 0) is 6.42 Å². The van der Waals surface area contributed by atoms with E-state index in [1.807, 2.05) is 39.0 Å². The Hall–Kier alpha value is -0.830. The molecule has 0 N–H and O–H groups in total. The molecular formula is C13H17BrO2. The zero-order valence-corrected chi connectivity index (χ0v) is 11.5. The summed E-state index contributed by atoms with van der Waals surface area (Å²) < 4.78 is 5.42. The standard InChI is InChI=1S/C13H17BrO2/c1-4-10-8-11(16-5-2)6-7-12(10)13(15)9(3)14/h6-9H,4-5H2,1-3H3. The summed E-state index contributed by atoms with van der Waals surface area (Å²) in [5.74, 6) is 0.957. The predicted molar refractivity (Wildman–Crippen MR) is 69.7 cm³/mol. The molecule has 1 unspecified atom stereocenters. The summed E-state index contributed by atoms with van der Waals surface area (Å²) >= 11 is 3.31. The number of Topliss-reactive ketones (excluding diaryl/α,β-unsaturated/α-hetero) is 1. The SMILES string of the molecule is CCOc1ccc(C(=O)C(C)Br)c(CC)c1. The largest absolute Gasteiger partial charge is 0.494 e. The first-order chi connectivity index (χ1) is 7.60. The van der Waals surface area contributed by atoms with Crippen molar-refractivity contribution in [1.29, 1.82) is 0 Å². The minimum absolute atomic E-state index is 0.125. The highest BCUT2D eigenvalue weighted by atomic mass is 79.9. The molecule has 0 aliphatic heterocycles. The number of hydrogen-bond acceptors (Lipinski definition) is 2. The van der Waals surface area contributed by atoms with Gasteiger partial charge in [0.25, 0.3) is 0 Å². The van der Waals surface area contributed by atoms with Crippen LogP contribution in [0.1, 0.15) is 36.7 Å². The van der Waals surface area contributed by atoms with Crippen molar-refractivity contribution in [2.24, 2.45) is 0 Å². The highest BCUT2D eigenvalue weighted by molar-refractivity contribution is 9.10. The Kier molecular flexibility index (Phi) is 5.00. The Morgan fingerprint density at radius 1 is 1.44 bits per heavy atom. The fourth-order valence-electron chi connectivity index (χ4n) is 1.57. The molecule has 16 heavy (non-hydrogen) atoms. The number of benzene rings is 1. The van der Waals surface area contributed by atoms with Crippen molar-refractivity contribution in [2.75, 3.05) is 6.61 Å². The molecule has 0 radical (unpaired) electrons. The highest BCUT2D eigenvalue weighted by Gasteiger charge is 2.15. The van der Waals surface area contributed by atoms with Crippen LogP contribution in [0.5, 0.6) is 5.75 Å². The lowest BCUT2D eigenvalue weighted by molar-refractivity contribution is 0.0995. The lowest BCUT2D eigenvalue weighted by Gasteiger charge is -2.11. The van der Waals surface area contributed by atoms with E-state index in [-0.39, 0.29) is 10.6 Å². The smallest absolute Gasteiger partial charge is 0.176 e. The van der Waals surface area contributed by atoms with Crippen LogP contribution in [0.2, 0.25) is 0 Å². The molecule has 0 fully saturated rings. The second-order valence-corrected chi connectivity index (χ2v) is 4.96. The number of hydrogen-bond donors (Lipinski definition) is 0. The molecule has 0 bridgehead atoms. The summed E-state index contributed by atoms with van der Waals surface area (Å²) in [6.07, 6.45) is 0.835. The van der Waals surface area contributed by atoms with E-state index in [4.69, 9.17) is 4.74 Å². The molecule has 0 aliphatic rings. The molecule has 3 heteroatoms. The van der Waals surface area contributed by atoms with Crippen molar-refractivity contribution in [1.82, 2.24) is 0 Å². The van der Waals surface area contributed by atoms with Crippen LogP contribution in [0.15, 0.2) is 18.2 Å². The highest BCUT2D eigenvalue weighted by Crippen LogP contribution is 2.21. The van der Waals surface area contributed by atoms with E-state index in [2.05, 4.69) is 15.9 Å². The Balaban J connectivity index is 3.06. The van der Waals surface area contributed by atoms with Crippen LogP contribution < -0.4 is 4.74 Å². The van der Waals surface area contributed by atoms with Crippen LogP contribution in [-0.4, -0.2) is 17.2 Å². The molecule has 1 rings (SSSR count). The van der Waals surface area contributed by atoms with Gasteiger partial charge in [-0.25, -0.2) is 0 Å². The van der Waals surface area contributed by atoms with Crippen molar-refractivity contribution >= 4 is 21.7 Å². The van der Waals surface area contributed by atoms with Gasteiger partial charge in [-0.05, 0) is 44.0 Å². The average molecular weight is 285 g/mol. The minimum Gasteiger partial charge on any atom is -0.494 e. The molecule has 0 heterocycles. The third-order valence-electron chi connectivity index (χ3n) is 2.40. The Morgan fingerprint density at radius 3 is 2.62 bits per heavy atom. The van der Waals surface area contributed by atoms with Crippen LogP contribution in [0.3, 0.4) is 0 Å². The summed E-state index contributed by atoms with van der Waals surface area (Å²) in [5.41, 5.74) is 1.83. The van der Waals surface area contributed by atoms with Crippen molar-refractivity contribution in [3.8, 4) is 5.75 Å². The van der Waals surface area contributed by atoms with Crippen LogP contribution in [0.25, 0.3) is 0 Å². The summed E-state index contributed by atoms with van der Waals surface area (Å²) in [6.45, 7) is 6.48. The number of alkyl halides is 1. The molecule has 0 amide bonds. The quantitative estimate of drug-likeness (QED) is 0.610. The topological polar surface area (TPSA) is 26.3 Å². The molecule has 1 aromatic carbocycles. The van der Waals surface area contributed by atoms with E-state index >= 15 is 0 Å². The van der Waals surface area contributed by atoms with Gasteiger partial charge in [0, 0.05) is 5.56 Å². The molecule has 0 aromatic heterocycles. The maximum Gasteiger partial charge on any atom is 0.176 e. The summed E-state index contributed by atoms with van der Waals surface area (Å²) in [4.78, 5) is 11.8. The number of carbonyl (C=O) groups excluding carboxylic acids is 1. The molecule has 88 valence electrons. The fourth-order valence-corrected chi connectivity index (χ4v) is 1.82.